The Hall–Kier alpha value is -1.84. The number of aryl methyl sites for hydroxylation is 2. The zero-order valence-electron chi connectivity index (χ0n) is 14.4. The van der Waals surface area contributed by atoms with Crippen molar-refractivity contribution >= 4 is 0 Å². The van der Waals surface area contributed by atoms with Gasteiger partial charge < -0.3 is 9.84 Å². The van der Waals surface area contributed by atoms with Gasteiger partial charge in [0.05, 0.1) is 0 Å². The topological polar surface area (TPSA) is 32.7 Å². The summed E-state index contributed by atoms with van der Waals surface area (Å²) in [4.78, 5) is 2.24. The Bertz CT molecular complexity index is 642. The molecular formula is C21H27NO2. The Morgan fingerprint density at radius 3 is 2.67 bits per heavy atom. The number of rotatable bonds is 8. The first kappa shape index (κ1) is 17.0. The van der Waals surface area contributed by atoms with Crippen LogP contribution in [0.5, 0.6) is 5.75 Å². The molecule has 24 heavy (non-hydrogen) atoms. The molecule has 3 heteroatoms. The number of aliphatic hydroxyl groups is 1. The number of ether oxygens (including phenoxy) is 1. The predicted octanol–water partition coefficient (Wildman–Crippen LogP) is 3.44. The summed E-state index contributed by atoms with van der Waals surface area (Å²) in [5, 5.41) is 10.3. The van der Waals surface area contributed by atoms with Crippen molar-refractivity contribution in [3.63, 3.8) is 0 Å². The van der Waals surface area contributed by atoms with Crippen LogP contribution >= 0.6 is 0 Å². The molecule has 0 aliphatic heterocycles. The number of hydrogen-bond acceptors (Lipinski definition) is 3. The summed E-state index contributed by atoms with van der Waals surface area (Å²) in [6.45, 7) is 4.84. The minimum absolute atomic E-state index is 0.337. The molecule has 128 valence electrons. The molecule has 1 N–H and O–H groups in total. The first-order chi connectivity index (χ1) is 11.7. The zero-order chi connectivity index (χ0) is 16.8. The Balaban J connectivity index is 1.48. The second-order valence-electron chi connectivity index (χ2n) is 6.56. The first-order valence-electron chi connectivity index (χ1n) is 8.93. The second kappa shape index (κ2) is 8.32. The molecule has 0 heterocycles. The normalized spacial score (nSPS) is 14.6. The number of benzene rings is 2. The molecule has 2 aromatic carbocycles. The highest BCUT2D eigenvalue weighted by Crippen LogP contribution is 2.26. The predicted molar refractivity (Wildman–Crippen MR) is 97.4 cm³/mol. The second-order valence-corrected chi connectivity index (χ2v) is 6.56. The summed E-state index contributed by atoms with van der Waals surface area (Å²) in [6, 6.07) is 16.7. The zero-order valence-corrected chi connectivity index (χ0v) is 14.4. The molecule has 2 aromatic rings. The lowest BCUT2D eigenvalue weighted by molar-refractivity contribution is 0.0674. The lowest BCUT2D eigenvalue weighted by Crippen LogP contribution is -2.35. The van der Waals surface area contributed by atoms with E-state index in [1.807, 2.05) is 12.1 Å². The van der Waals surface area contributed by atoms with Crippen LogP contribution in [-0.2, 0) is 19.4 Å². The van der Waals surface area contributed by atoms with Gasteiger partial charge in [-0.15, -0.1) is 0 Å². The monoisotopic (exact) mass is 325 g/mol. The summed E-state index contributed by atoms with van der Waals surface area (Å²) in [6.07, 6.45) is 3.09. The maximum absolute atomic E-state index is 10.3. The van der Waals surface area contributed by atoms with Crippen LogP contribution in [-0.4, -0.2) is 35.8 Å². The maximum atomic E-state index is 10.3. The van der Waals surface area contributed by atoms with E-state index in [2.05, 4.69) is 48.2 Å². The summed E-state index contributed by atoms with van der Waals surface area (Å²) in [5.74, 6) is 0.876. The average Bonchev–Trinajstić information content (AvgIpc) is 3.08. The molecule has 0 amide bonds. The van der Waals surface area contributed by atoms with Crippen molar-refractivity contribution in [2.45, 2.75) is 38.8 Å². The van der Waals surface area contributed by atoms with Crippen molar-refractivity contribution < 1.29 is 9.84 Å². The number of fused-ring (bicyclic) bond motifs is 1. The third kappa shape index (κ3) is 4.59. The van der Waals surface area contributed by atoms with E-state index in [1.54, 1.807) is 0 Å². The van der Waals surface area contributed by atoms with E-state index in [-0.39, 0.29) is 0 Å². The lowest BCUT2D eigenvalue weighted by Gasteiger charge is -2.24. The Labute approximate surface area is 144 Å². The largest absolute Gasteiger partial charge is 0.491 e. The van der Waals surface area contributed by atoms with Gasteiger partial charge in [-0.2, -0.15) is 0 Å². The van der Waals surface area contributed by atoms with Crippen molar-refractivity contribution in [2.24, 2.45) is 0 Å². The van der Waals surface area contributed by atoms with Gasteiger partial charge in [-0.1, -0.05) is 43.3 Å². The molecule has 0 saturated carbocycles. The van der Waals surface area contributed by atoms with E-state index < -0.39 is 6.10 Å². The van der Waals surface area contributed by atoms with Gasteiger partial charge in [0.25, 0.3) is 0 Å². The van der Waals surface area contributed by atoms with Crippen molar-refractivity contribution in [1.82, 2.24) is 4.90 Å². The minimum atomic E-state index is -0.484. The van der Waals surface area contributed by atoms with Gasteiger partial charge in [-0.3, -0.25) is 4.90 Å². The highest BCUT2D eigenvalue weighted by molar-refractivity contribution is 5.38. The lowest BCUT2D eigenvalue weighted by atomic mass is 10.1. The van der Waals surface area contributed by atoms with Crippen molar-refractivity contribution in [3.05, 3.63) is 65.2 Å². The van der Waals surface area contributed by atoms with Crippen LogP contribution in [0.3, 0.4) is 0 Å². The van der Waals surface area contributed by atoms with Gasteiger partial charge in [0.15, 0.2) is 0 Å². The SMILES string of the molecule is CCN(Cc1ccccc1)CC(O)COc1ccc2c(c1)CCC2. The standard InChI is InChI=1S/C21H27NO2/c1-2-22(14-17-7-4-3-5-8-17)15-20(23)16-24-21-12-11-18-9-6-10-19(18)13-21/h3-5,7-8,11-13,20,23H,2,6,9-10,14-16H2,1H3. The fourth-order valence-corrected chi connectivity index (χ4v) is 3.33. The summed E-state index contributed by atoms with van der Waals surface area (Å²) in [7, 11) is 0. The van der Waals surface area contributed by atoms with E-state index in [0.29, 0.717) is 13.2 Å². The molecule has 3 nitrogen and oxygen atoms in total. The summed E-state index contributed by atoms with van der Waals surface area (Å²) < 4.78 is 5.81. The van der Waals surface area contributed by atoms with E-state index in [1.165, 1.54) is 29.5 Å². The third-order valence-electron chi connectivity index (χ3n) is 4.68. The van der Waals surface area contributed by atoms with E-state index in [4.69, 9.17) is 4.74 Å². The molecule has 0 radical (unpaired) electrons. The Morgan fingerprint density at radius 2 is 1.88 bits per heavy atom. The highest BCUT2D eigenvalue weighted by atomic mass is 16.5. The van der Waals surface area contributed by atoms with E-state index in [0.717, 1.165) is 25.3 Å². The van der Waals surface area contributed by atoms with Gasteiger partial charge in [0.1, 0.15) is 18.5 Å². The minimum Gasteiger partial charge on any atom is -0.491 e. The van der Waals surface area contributed by atoms with Crippen LogP contribution in [0.25, 0.3) is 0 Å². The smallest absolute Gasteiger partial charge is 0.119 e. The molecule has 0 fully saturated rings. The van der Waals surface area contributed by atoms with Gasteiger partial charge in [-0.05, 0) is 54.6 Å². The van der Waals surface area contributed by atoms with Crippen LogP contribution < -0.4 is 4.74 Å². The van der Waals surface area contributed by atoms with Gasteiger partial charge in [0, 0.05) is 13.1 Å². The Morgan fingerprint density at radius 1 is 1.08 bits per heavy atom. The number of hydrogen-bond donors (Lipinski definition) is 1. The van der Waals surface area contributed by atoms with Crippen LogP contribution in [0.1, 0.15) is 30.0 Å². The quantitative estimate of drug-likeness (QED) is 0.807. The van der Waals surface area contributed by atoms with Crippen molar-refractivity contribution in [1.29, 1.82) is 0 Å². The van der Waals surface area contributed by atoms with Crippen LogP contribution in [0.15, 0.2) is 48.5 Å². The van der Waals surface area contributed by atoms with Crippen LogP contribution in [0.2, 0.25) is 0 Å². The first-order valence-corrected chi connectivity index (χ1v) is 8.93. The molecule has 1 aliphatic carbocycles. The molecule has 0 aromatic heterocycles. The summed E-state index contributed by atoms with van der Waals surface area (Å²) >= 11 is 0. The Kier molecular flexibility index (Phi) is 5.89. The van der Waals surface area contributed by atoms with Gasteiger partial charge >= 0.3 is 0 Å². The highest BCUT2D eigenvalue weighted by Gasteiger charge is 2.14. The van der Waals surface area contributed by atoms with Crippen LogP contribution in [0.4, 0.5) is 0 Å². The number of likely N-dealkylation sites (N-methyl/N-ethyl adjacent to an activating group) is 1. The van der Waals surface area contributed by atoms with Crippen LogP contribution in [0, 0.1) is 0 Å². The molecule has 1 aliphatic rings. The average molecular weight is 325 g/mol. The summed E-state index contributed by atoms with van der Waals surface area (Å²) in [5.41, 5.74) is 4.12. The fraction of sp³-hybridized carbons (Fsp3) is 0.429. The molecule has 1 unspecified atom stereocenters. The molecule has 1 atom stereocenters. The molecular weight excluding hydrogens is 298 g/mol. The van der Waals surface area contributed by atoms with Gasteiger partial charge in [0.2, 0.25) is 0 Å². The van der Waals surface area contributed by atoms with Crippen molar-refractivity contribution in [2.75, 3.05) is 19.7 Å². The molecule has 0 saturated heterocycles. The van der Waals surface area contributed by atoms with Gasteiger partial charge in [-0.25, -0.2) is 0 Å². The van der Waals surface area contributed by atoms with Crippen molar-refractivity contribution in [3.8, 4) is 5.75 Å². The molecule has 3 rings (SSSR count). The number of aliphatic hydroxyl groups excluding tert-OH is 1. The van der Waals surface area contributed by atoms with E-state index in [9.17, 15) is 5.11 Å². The fourth-order valence-electron chi connectivity index (χ4n) is 3.33. The third-order valence-corrected chi connectivity index (χ3v) is 4.68. The number of nitrogens with zero attached hydrogens (tertiary/aromatic N) is 1. The maximum Gasteiger partial charge on any atom is 0.119 e. The molecule has 0 spiro atoms. The molecule has 0 bridgehead atoms. The van der Waals surface area contributed by atoms with E-state index >= 15 is 0 Å².